The highest BCUT2D eigenvalue weighted by Crippen LogP contribution is 2.43. The van der Waals surface area contributed by atoms with Crippen LogP contribution in [-0.4, -0.2) is 49.3 Å². The average Bonchev–Trinajstić information content (AvgIpc) is 3.14. The van der Waals surface area contributed by atoms with Gasteiger partial charge in [-0.3, -0.25) is 18.6 Å². The molecule has 0 aliphatic heterocycles. The quantitative estimate of drug-likeness (QED) is 0.0274. The van der Waals surface area contributed by atoms with Gasteiger partial charge in [0.1, 0.15) is 6.61 Å². The molecule has 53 heavy (non-hydrogen) atoms. The zero-order valence-electron chi connectivity index (χ0n) is 33.2. The first-order chi connectivity index (χ1) is 25.8. The highest BCUT2D eigenvalue weighted by atomic mass is 31.2. The van der Waals surface area contributed by atoms with Crippen LogP contribution in [0.25, 0.3) is 0 Å². The van der Waals surface area contributed by atoms with Crippen LogP contribution in [0.4, 0.5) is 0 Å². The molecule has 10 heteroatoms. The number of nitrogens with two attached hydrogens (primary N) is 1. The minimum atomic E-state index is -4.40. The van der Waals surface area contributed by atoms with Crippen molar-refractivity contribution in [3.63, 3.8) is 0 Å². The first kappa shape index (κ1) is 50.5. The summed E-state index contributed by atoms with van der Waals surface area (Å²) in [5, 5.41) is 0. The summed E-state index contributed by atoms with van der Waals surface area (Å²) in [7, 11) is -4.40. The number of carbonyl (C=O) groups is 2. The third-order valence-corrected chi connectivity index (χ3v) is 9.06. The minimum Gasteiger partial charge on any atom is -0.462 e. The van der Waals surface area contributed by atoms with Crippen molar-refractivity contribution < 1.29 is 37.6 Å². The van der Waals surface area contributed by atoms with Gasteiger partial charge in [0.25, 0.3) is 0 Å². The summed E-state index contributed by atoms with van der Waals surface area (Å²) in [6.45, 7) is 3.57. The molecule has 0 spiro atoms. The van der Waals surface area contributed by atoms with E-state index in [0.717, 1.165) is 51.4 Å². The van der Waals surface area contributed by atoms with Gasteiger partial charge in [0.2, 0.25) is 0 Å². The third kappa shape index (κ3) is 39.0. The van der Waals surface area contributed by atoms with E-state index in [2.05, 4.69) is 74.6 Å². The van der Waals surface area contributed by atoms with Gasteiger partial charge in [-0.05, 0) is 77.0 Å². The number of unbranched alkanes of at least 4 members (excludes halogenated alkanes) is 12. The van der Waals surface area contributed by atoms with Crippen LogP contribution in [0.1, 0.15) is 155 Å². The van der Waals surface area contributed by atoms with Gasteiger partial charge in [-0.2, -0.15) is 0 Å². The molecule has 0 heterocycles. The van der Waals surface area contributed by atoms with E-state index in [1.807, 2.05) is 12.2 Å². The molecule has 304 valence electrons. The fourth-order valence-electron chi connectivity index (χ4n) is 5.02. The van der Waals surface area contributed by atoms with Crippen LogP contribution in [0.3, 0.4) is 0 Å². The number of esters is 2. The van der Waals surface area contributed by atoms with Crippen molar-refractivity contribution in [1.29, 1.82) is 0 Å². The highest BCUT2D eigenvalue weighted by Gasteiger charge is 2.25. The number of allylic oxidation sites excluding steroid dienone is 12. The van der Waals surface area contributed by atoms with Gasteiger partial charge < -0.3 is 20.1 Å². The number of carbonyl (C=O) groups excluding carboxylic acids is 2. The third-order valence-electron chi connectivity index (χ3n) is 8.08. The molecule has 1 unspecified atom stereocenters. The van der Waals surface area contributed by atoms with Gasteiger partial charge in [-0.25, -0.2) is 4.57 Å². The first-order valence-electron chi connectivity index (χ1n) is 20.4. The Bertz CT molecular complexity index is 1100. The molecule has 2 atom stereocenters. The monoisotopic (exact) mass is 764 g/mol. The van der Waals surface area contributed by atoms with Crippen molar-refractivity contribution in [2.45, 2.75) is 161 Å². The second-order valence-electron chi connectivity index (χ2n) is 13.1. The fourth-order valence-corrected chi connectivity index (χ4v) is 5.79. The van der Waals surface area contributed by atoms with Gasteiger partial charge in [0, 0.05) is 19.4 Å². The lowest BCUT2D eigenvalue weighted by Crippen LogP contribution is -2.29. The first-order valence-corrected chi connectivity index (χ1v) is 21.9. The Hall–Kier alpha value is -2.55. The summed E-state index contributed by atoms with van der Waals surface area (Å²) in [6.07, 6.45) is 46.6. The Morgan fingerprint density at radius 3 is 1.58 bits per heavy atom. The SMILES string of the molecule is CCCCC/C=C/C/C=C/C/C=C/C/C=C/C/C=C/CCC(=O)OC[C@@H](COP(=O)(O)OCCN)OC(=O)CCCCC/C=C/CCCCCCCC. The van der Waals surface area contributed by atoms with E-state index in [0.29, 0.717) is 12.8 Å². The van der Waals surface area contributed by atoms with E-state index >= 15 is 0 Å². The summed E-state index contributed by atoms with van der Waals surface area (Å²) in [5.74, 6) is -0.951. The van der Waals surface area contributed by atoms with Crippen molar-refractivity contribution >= 4 is 19.8 Å². The van der Waals surface area contributed by atoms with Crippen molar-refractivity contribution in [3.8, 4) is 0 Å². The lowest BCUT2D eigenvalue weighted by molar-refractivity contribution is -0.161. The molecule has 0 aromatic heterocycles. The van der Waals surface area contributed by atoms with E-state index in [9.17, 15) is 19.0 Å². The average molecular weight is 764 g/mol. The summed E-state index contributed by atoms with van der Waals surface area (Å²) in [4.78, 5) is 34.7. The molecule has 0 aromatic rings. The topological polar surface area (TPSA) is 134 Å². The molecule has 0 aliphatic carbocycles. The normalized spacial score (nSPS) is 14.1. The van der Waals surface area contributed by atoms with E-state index in [1.165, 1.54) is 64.2 Å². The predicted octanol–water partition coefficient (Wildman–Crippen LogP) is 11.5. The highest BCUT2D eigenvalue weighted by molar-refractivity contribution is 7.47. The maximum Gasteiger partial charge on any atom is 0.472 e. The predicted molar refractivity (Wildman–Crippen MR) is 219 cm³/mol. The zero-order valence-corrected chi connectivity index (χ0v) is 34.1. The smallest absolute Gasteiger partial charge is 0.462 e. The molecule has 0 aromatic carbocycles. The van der Waals surface area contributed by atoms with E-state index in [-0.39, 0.29) is 32.6 Å². The van der Waals surface area contributed by atoms with Gasteiger partial charge in [-0.1, -0.05) is 138 Å². The van der Waals surface area contributed by atoms with Crippen LogP contribution in [0.15, 0.2) is 72.9 Å². The maximum absolute atomic E-state index is 12.5. The zero-order chi connectivity index (χ0) is 38.9. The molecule has 0 bridgehead atoms. The number of hydrogen-bond donors (Lipinski definition) is 2. The minimum absolute atomic E-state index is 0.0386. The van der Waals surface area contributed by atoms with Crippen LogP contribution in [0, 0.1) is 0 Å². The van der Waals surface area contributed by atoms with Crippen LogP contribution in [0.5, 0.6) is 0 Å². The van der Waals surface area contributed by atoms with Gasteiger partial charge >= 0.3 is 19.8 Å². The Labute approximate surface area is 322 Å². The van der Waals surface area contributed by atoms with Crippen LogP contribution in [0.2, 0.25) is 0 Å². The van der Waals surface area contributed by atoms with Crippen LogP contribution >= 0.6 is 7.82 Å². The largest absolute Gasteiger partial charge is 0.472 e. The second kappa shape index (κ2) is 39.2. The second-order valence-corrected chi connectivity index (χ2v) is 14.6. The molecular formula is C43H74NO8P. The van der Waals surface area contributed by atoms with E-state index in [4.69, 9.17) is 24.3 Å². The number of hydrogen-bond acceptors (Lipinski definition) is 8. The molecule has 0 saturated heterocycles. The Balaban J connectivity index is 4.35. The Kier molecular flexibility index (Phi) is 37.3. The molecule has 0 rings (SSSR count). The number of ether oxygens (including phenoxy) is 2. The molecule has 9 nitrogen and oxygen atoms in total. The summed E-state index contributed by atoms with van der Waals surface area (Å²) in [6, 6.07) is 0. The molecule has 0 radical (unpaired) electrons. The van der Waals surface area contributed by atoms with Crippen LogP contribution < -0.4 is 5.73 Å². The van der Waals surface area contributed by atoms with Crippen molar-refractivity contribution in [2.24, 2.45) is 5.73 Å². The van der Waals surface area contributed by atoms with Crippen molar-refractivity contribution in [2.75, 3.05) is 26.4 Å². The van der Waals surface area contributed by atoms with Crippen LogP contribution in [-0.2, 0) is 32.7 Å². The van der Waals surface area contributed by atoms with Gasteiger partial charge in [-0.15, -0.1) is 0 Å². The standard InChI is InChI=1S/C43H74NO8P/c1-3-5-7-9-11-13-15-17-18-19-20-21-22-24-25-27-29-31-33-35-42(45)49-39-41(40-51-53(47,48)50-38-37-44)52-43(46)36-34-32-30-28-26-23-16-14-12-10-8-6-4-2/h11,13,17-18,20-21,23-26,29,31,41H,3-10,12,14-16,19,22,27-28,30,32-40,44H2,1-2H3,(H,47,48)/b13-11+,18-17+,21-20+,25-24+,26-23+,31-29+/t41-/m0/s1. The number of phosphoric acid groups is 1. The molecule has 0 saturated carbocycles. The number of phosphoric ester groups is 1. The fraction of sp³-hybridized carbons (Fsp3) is 0.674. The lowest BCUT2D eigenvalue weighted by Gasteiger charge is -2.19. The van der Waals surface area contributed by atoms with Gasteiger partial charge in [0.05, 0.1) is 13.2 Å². The Morgan fingerprint density at radius 2 is 1.02 bits per heavy atom. The van der Waals surface area contributed by atoms with E-state index < -0.39 is 32.5 Å². The van der Waals surface area contributed by atoms with Gasteiger partial charge in [0.15, 0.2) is 6.10 Å². The molecular weight excluding hydrogens is 689 g/mol. The number of rotatable bonds is 37. The summed E-state index contributed by atoms with van der Waals surface area (Å²) < 4.78 is 32.6. The van der Waals surface area contributed by atoms with Crippen molar-refractivity contribution in [3.05, 3.63) is 72.9 Å². The Morgan fingerprint density at radius 1 is 0.566 bits per heavy atom. The maximum atomic E-state index is 12.5. The molecule has 0 aliphatic rings. The lowest BCUT2D eigenvalue weighted by atomic mass is 10.1. The molecule has 3 N–H and O–H groups in total. The van der Waals surface area contributed by atoms with E-state index in [1.54, 1.807) is 0 Å². The molecule has 0 fully saturated rings. The molecule has 0 amide bonds. The van der Waals surface area contributed by atoms with Crippen molar-refractivity contribution in [1.82, 2.24) is 0 Å². The summed E-state index contributed by atoms with van der Waals surface area (Å²) >= 11 is 0. The summed E-state index contributed by atoms with van der Waals surface area (Å²) in [5.41, 5.74) is 5.33.